The van der Waals surface area contributed by atoms with Crippen LogP contribution in [0.25, 0.3) is 72.1 Å². The van der Waals surface area contributed by atoms with Gasteiger partial charge in [0, 0.05) is 72.5 Å². The number of pyridine rings is 1. The summed E-state index contributed by atoms with van der Waals surface area (Å²) < 4.78 is 91.3. The zero-order chi connectivity index (χ0) is 65.5. The first kappa shape index (κ1) is 65.3. The van der Waals surface area contributed by atoms with Crippen molar-refractivity contribution in [3.8, 4) is 61.8 Å². The Labute approximate surface area is 570 Å². The van der Waals surface area contributed by atoms with Crippen LogP contribution in [-0.4, -0.2) is 9.55 Å². The maximum absolute atomic E-state index is 17.2. The number of hydrogen-bond donors (Lipinski definition) is 0. The van der Waals surface area contributed by atoms with Crippen LogP contribution in [0.1, 0.15) is 166 Å². The SMILES string of the molecule is CC(C)(C)c1cc(-c2cc(-c3ccccc3)cc(-c3c(F)c(F)c(F)c(F)c3F)c2N2[CH-]N(c3[c-]c(Oc4[c-]c5c(cc4)c4ccccc4n5-c4cc(C(C)(C)C)ccn4)cc(-c4c(C5CCCCC5)cccc4C4CCCCC4)c3)c3ccccc32)cc(C(C)(C)C)c1.[Pt]. The summed E-state index contributed by atoms with van der Waals surface area (Å²) in [6, 6.07) is 62.3. The maximum atomic E-state index is 17.2. The minimum absolute atomic E-state index is 0. The molecule has 5 nitrogen and oxygen atoms in total. The first-order chi connectivity index (χ1) is 45.1. The minimum atomic E-state index is -2.23. The van der Waals surface area contributed by atoms with Gasteiger partial charge in [0.2, 0.25) is 5.82 Å². The number of aromatic nitrogens is 2. The summed E-state index contributed by atoms with van der Waals surface area (Å²) in [5.74, 6) is -7.82. The monoisotopic (exact) mass is 1450 g/mol. The zero-order valence-electron chi connectivity index (χ0n) is 55.4. The number of hydrogen-bond acceptors (Lipinski definition) is 4. The third-order valence-electron chi connectivity index (χ3n) is 19.8. The largest absolute Gasteiger partial charge is 0.509 e. The smallest absolute Gasteiger partial charge is 0.200 e. The topological polar surface area (TPSA) is 33.5 Å². The van der Waals surface area contributed by atoms with E-state index in [2.05, 4.69) is 158 Å². The van der Waals surface area contributed by atoms with Gasteiger partial charge in [0.15, 0.2) is 23.3 Å². The van der Waals surface area contributed by atoms with Crippen LogP contribution in [0.5, 0.6) is 11.5 Å². The number of para-hydroxylation sites is 3. The van der Waals surface area contributed by atoms with Gasteiger partial charge in [-0.1, -0.05) is 203 Å². The first-order valence-electron chi connectivity index (χ1n) is 33.3. The second kappa shape index (κ2) is 25.7. The number of fused-ring (bicyclic) bond motifs is 4. The Morgan fingerprint density at radius 2 is 1.02 bits per heavy atom. The average molecular weight is 1450 g/mol. The molecule has 0 bridgehead atoms. The van der Waals surface area contributed by atoms with E-state index in [1.807, 2.05) is 102 Å². The van der Waals surface area contributed by atoms with E-state index in [0.29, 0.717) is 62.7 Å². The van der Waals surface area contributed by atoms with Crippen LogP contribution in [0.4, 0.5) is 44.7 Å². The predicted molar refractivity (Wildman–Crippen MR) is 374 cm³/mol. The molecular formula is C84H78F5N4OPt-3. The third kappa shape index (κ3) is 12.3. The Balaban J connectivity index is 0.00000818. The van der Waals surface area contributed by atoms with Gasteiger partial charge in [-0.25, -0.2) is 26.9 Å². The molecule has 0 amide bonds. The second-order valence-electron chi connectivity index (χ2n) is 29.2. The Morgan fingerprint density at radius 3 is 1.64 bits per heavy atom. The molecule has 2 saturated carbocycles. The molecule has 0 unspecified atom stereocenters. The third-order valence-corrected chi connectivity index (χ3v) is 19.8. The molecule has 2 fully saturated rings. The summed E-state index contributed by atoms with van der Waals surface area (Å²) >= 11 is 0. The molecule has 1 aliphatic heterocycles. The molecule has 488 valence electrons. The average Bonchev–Trinajstić information content (AvgIpc) is 1.71. The van der Waals surface area contributed by atoms with Crippen LogP contribution < -0.4 is 14.5 Å². The van der Waals surface area contributed by atoms with E-state index in [1.54, 1.807) is 6.07 Å². The first-order valence-corrected chi connectivity index (χ1v) is 33.3. The Hall–Kier alpha value is -8.33. The number of rotatable bonds is 11. The van der Waals surface area contributed by atoms with E-state index in [1.165, 1.54) is 29.5 Å². The van der Waals surface area contributed by atoms with Crippen LogP contribution in [0.15, 0.2) is 170 Å². The molecule has 0 radical (unpaired) electrons. The minimum Gasteiger partial charge on any atom is -0.509 e. The van der Waals surface area contributed by atoms with Gasteiger partial charge < -0.3 is 19.1 Å². The van der Waals surface area contributed by atoms with Crippen molar-refractivity contribution in [3.05, 3.63) is 246 Å². The van der Waals surface area contributed by atoms with Crippen molar-refractivity contribution >= 4 is 44.6 Å². The van der Waals surface area contributed by atoms with Gasteiger partial charge in [0.25, 0.3) is 0 Å². The fourth-order valence-electron chi connectivity index (χ4n) is 14.7. The van der Waals surface area contributed by atoms with Crippen LogP contribution in [0, 0.1) is 47.9 Å². The number of ether oxygens (including phenoxy) is 1. The molecule has 0 saturated heterocycles. The van der Waals surface area contributed by atoms with Gasteiger partial charge >= 0.3 is 0 Å². The molecule has 3 heterocycles. The number of nitrogens with zero attached hydrogens (tertiary/aromatic N) is 4. The number of benzene rings is 9. The summed E-state index contributed by atoms with van der Waals surface area (Å²) in [4.78, 5) is 8.82. The molecular weight excluding hydrogens is 1370 g/mol. The normalized spacial score (nSPS) is 15.0. The summed E-state index contributed by atoms with van der Waals surface area (Å²) in [5, 5.41) is 2.05. The van der Waals surface area contributed by atoms with Crippen molar-refractivity contribution in [2.45, 2.75) is 155 Å². The van der Waals surface area contributed by atoms with Gasteiger partial charge in [-0.2, -0.15) is 6.07 Å². The van der Waals surface area contributed by atoms with Crippen LogP contribution >= 0.6 is 0 Å². The number of anilines is 4. The molecule has 0 N–H and O–H groups in total. The maximum Gasteiger partial charge on any atom is 0.200 e. The summed E-state index contributed by atoms with van der Waals surface area (Å²) in [6.07, 6.45) is 13.2. The molecule has 9 aromatic carbocycles. The van der Waals surface area contributed by atoms with Crippen LogP contribution in [0.2, 0.25) is 0 Å². The molecule has 2 aromatic heterocycles. The van der Waals surface area contributed by atoms with Crippen molar-refractivity contribution in [3.63, 3.8) is 0 Å². The van der Waals surface area contributed by atoms with E-state index in [9.17, 15) is 0 Å². The van der Waals surface area contributed by atoms with Crippen LogP contribution in [0.3, 0.4) is 0 Å². The van der Waals surface area contributed by atoms with Gasteiger partial charge in [-0.3, -0.25) is 0 Å². The molecule has 11 aromatic rings. The zero-order valence-corrected chi connectivity index (χ0v) is 57.6. The predicted octanol–water partition coefficient (Wildman–Crippen LogP) is 24.3. The van der Waals surface area contributed by atoms with Crippen molar-refractivity contribution < 1.29 is 47.8 Å². The van der Waals surface area contributed by atoms with Crippen molar-refractivity contribution in [1.82, 2.24) is 9.55 Å². The fourth-order valence-corrected chi connectivity index (χ4v) is 14.7. The van der Waals surface area contributed by atoms with Gasteiger partial charge in [-0.05, 0) is 152 Å². The van der Waals surface area contributed by atoms with E-state index < -0.39 is 34.6 Å². The number of halogens is 5. The fraction of sp³-hybridized carbons (Fsp3) is 0.286. The molecule has 3 aliphatic rings. The van der Waals surface area contributed by atoms with Crippen molar-refractivity contribution in [2.24, 2.45) is 0 Å². The quantitative estimate of drug-likeness (QED) is 0.0559. The summed E-state index contributed by atoms with van der Waals surface area (Å²) in [6.45, 7) is 21.3. The Morgan fingerprint density at radius 1 is 0.453 bits per heavy atom. The Kier molecular flexibility index (Phi) is 17.7. The van der Waals surface area contributed by atoms with Crippen molar-refractivity contribution in [2.75, 3.05) is 9.80 Å². The molecule has 14 rings (SSSR count). The molecule has 0 spiro atoms. The molecule has 0 atom stereocenters. The van der Waals surface area contributed by atoms with Gasteiger partial charge in [-0.15, -0.1) is 53.6 Å². The molecule has 95 heavy (non-hydrogen) atoms. The van der Waals surface area contributed by atoms with Crippen LogP contribution in [-0.2, 0) is 37.3 Å². The van der Waals surface area contributed by atoms with Gasteiger partial charge in [0.05, 0.1) is 5.56 Å². The standard InChI is InChI=1S/C84H78F5N4O.Pt/c1-82(2,3)57-38-39-90-73(47-57)93-69-33-20-19-30-65(69)66-37-36-61(49-72(66)93)94-62-43-56(74-63(52-26-15-11-16-27-52)31-23-32-64(74)53-28-17-12-18-29-53)42-60(48-62)91-50-92(71-35-22-21-34-70(71)91)81-67(55-40-58(83(4,5)6)46-59(41-55)84(7,8)9)44-54(51-24-13-10-14-25-51)45-68(81)75-76(85)78(87)80(89)79(88)77(75)86;/h10,13-14,19-25,30-47,50,52-53H,11-12,15-18,26-29H2,1-9H3;/q-3;. The molecule has 11 heteroatoms. The molecule has 2 aliphatic carbocycles. The van der Waals surface area contributed by atoms with E-state index in [-0.39, 0.29) is 48.6 Å². The van der Waals surface area contributed by atoms with Gasteiger partial charge in [0.1, 0.15) is 5.82 Å². The summed E-state index contributed by atoms with van der Waals surface area (Å²) in [7, 11) is 0. The van der Waals surface area contributed by atoms with E-state index >= 15 is 22.0 Å². The second-order valence-corrected chi connectivity index (χ2v) is 29.2. The van der Waals surface area contributed by atoms with E-state index in [0.717, 1.165) is 101 Å². The van der Waals surface area contributed by atoms with Crippen molar-refractivity contribution in [1.29, 1.82) is 0 Å². The Bertz CT molecular complexity index is 4640. The summed E-state index contributed by atoms with van der Waals surface area (Å²) in [5.41, 5.74) is 12.1. The van der Waals surface area contributed by atoms with E-state index in [4.69, 9.17) is 9.72 Å².